The number of para-hydroxylation sites is 1. The minimum atomic E-state index is -5.50. The summed E-state index contributed by atoms with van der Waals surface area (Å²) in [6.45, 7) is -0.622. The lowest BCUT2D eigenvalue weighted by Gasteiger charge is -2.10. The number of rotatable bonds is 4. The van der Waals surface area contributed by atoms with E-state index in [0.717, 1.165) is 0 Å². The molecule has 0 amide bonds. The van der Waals surface area contributed by atoms with Crippen LogP contribution in [0.15, 0.2) is 60.7 Å². The molecule has 8 heteroatoms. The highest BCUT2D eigenvalue weighted by molar-refractivity contribution is 7.87. The average molecular weight is 361 g/mol. The van der Waals surface area contributed by atoms with Gasteiger partial charge in [-0.05, 0) is 17.7 Å². The van der Waals surface area contributed by atoms with Gasteiger partial charge in [0.15, 0.2) is 0 Å². The van der Waals surface area contributed by atoms with Gasteiger partial charge in [-0.2, -0.15) is 21.6 Å². The van der Waals surface area contributed by atoms with E-state index in [4.69, 9.17) is 0 Å². The van der Waals surface area contributed by atoms with Gasteiger partial charge in [0.05, 0.1) is 6.61 Å². The van der Waals surface area contributed by atoms with Crippen LogP contribution < -0.4 is 4.90 Å². The highest BCUT2D eigenvalue weighted by atomic mass is 32.2. The Kier molecular flexibility index (Phi) is 7.24. The standard InChI is InChI=1S/C8H7F3O3S.C8H11N/c9-8(10,11)15(12,13)14-6-7-4-2-1-3-5-7;1-9(2)8-6-4-3-5-7-8/h1-5H,6H2;3-7H,1-2H3. The van der Waals surface area contributed by atoms with Crippen LogP contribution in [0.1, 0.15) is 5.56 Å². The molecule has 0 saturated heterocycles. The zero-order chi connectivity index (χ0) is 18.2. The molecule has 4 nitrogen and oxygen atoms in total. The Bertz CT molecular complexity index is 702. The number of benzene rings is 2. The first-order valence-electron chi connectivity index (χ1n) is 6.85. The molecular weight excluding hydrogens is 343 g/mol. The molecule has 0 aliphatic heterocycles. The van der Waals surface area contributed by atoms with Crippen LogP contribution in [-0.4, -0.2) is 28.0 Å². The summed E-state index contributed by atoms with van der Waals surface area (Å²) in [5.74, 6) is 0. The fourth-order valence-corrected chi connectivity index (χ4v) is 1.94. The van der Waals surface area contributed by atoms with Gasteiger partial charge in [0, 0.05) is 19.8 Å². The molecule has 132 valence electrons. The van der Waals surface area contributed by atoms with Crippen LogP contribution in [0, 0.1) is 0 Å². The summed E-state index contributed by atoms with van der Waals surface area (Å²) in [4.78, 5) is 2.08. The molecule has 0 spiro atoms. The van der Waals surface area contributed by atoms with E-state index in [2.05, 4.69) is 21.2 Å². The van der Waals surface area contributed by atoms with Crippen LogP contribution >= 0.6 is 0 Å². The number of alkyl halides is 3. The number of hydrogen-bond acceptors (Lipinski definition) is 4. The van der Waals surface area contributed by atoms with E-state index in [1.54, 1.807) is 18.2 Å². The third-order valence-electron chi connectivity index (χ3n) is 2.78. The van der Waals surface area contributed by atoms with E-state index in [0.29, 0.717) is 5.56 Å². The van der Waals surface area contributed by atoms with Gasteiger partial charge in [-0.1, -0.05) is 48.5 Å². The Morgan fingerprint density at radius 3 is 1.75 bits per heavy atom. The van der Waals surface area contributed by atoms with Gasteiger partial charge in [0.2, 0.25) is 0 Å². The Balaban J connectivity index is 0.000000272. The quantitative estimate of drug-likeness (QED) is 0.614. The van der Waals surface area contributed by atoms with Crippen molar-refractivity contribution in [1.29, 1.82) is 0 Å². The second-order valence-corrected chi connectivity index (χ2v) is 6.48. The van der Waals surface area contributed by atoms with E-state index in [9.17, 15) is 21.6 Å². The van der Waals surface area contributed by atoms with Gasteiger partial charge >= 0.3 is 15.6 Å². The molecule has 2 aromatic rings. The largest absolute Gasteiger partial charge is 0.523 e. The van der Waals surface area contributed by atoms with Gasteiger partial charge in [-0.15, -0.1) is 0 Å². The second-order valence-electron chi connectivity index (χ2n) is 4.88. The van der Waals surface area contributed by atoms with Crippen molar-refractivity contribution in [3.8, 4) is 0 Å². The van der Waals surface area contributed by atoms with Crippen molar-refractivity contribution in [3.05, 3.63) is 66.2 Å². The first-order valence-corrected chi connectivity index (χ1v) is 8.26. The van der Waals surface area contributed by atoms with E-state index in [-0.39, 0.29) is 0 Å². The molecule has 0 atom stereocenters. The molecule has 0 unspecified atom stereocenters. The topological polar surface area (TPSA) is 46.6 Å². The predicted octanol–water partition coefficient (Wildman–Crippen LogP) is 3.81. The van der Waals surface area contributed by atoms with Gasteiger partial charge in [-0.25, -0.2) is 0 Å². The number of anilines is 1. The minimum Gasteiger partial charge on any atom is -0.378 e. The first-order chi connectivity index (χ1) is 11.1. The lowest BCUT2D eigenvalue weighted by atomic mass is 10.2. The maximum absolute atomic E-state index is 11.8. The molecule has 0 fully saturated rings. The molecule has 0 bridgehead atoms. The lowest BCUT2D eigenvalue weighted by Crippen LogP contribution is -2.25. The van der Waals surface area contributed by atoms with E-state index in [1.807, 2.05) is 32.3 Å². The summed E-state index contributed by atoms with van der Waals surface area (Å²) in [6.07, 6.45) is 0. The van der Waals surface area contributed by atoms with Gasteiger partial charge in [-0.3, -0.25) is 4.18 Å². The molecule has 0 aliphatic carbocycles. The summed E-state index contributed by atoms with van der Waals surface area (Å²) in [6, 6.07) is 18.0. The third-order valence-corrected chi connectivity index (χ3v) is 3.77. The van der Waals surface area contributed by atoms with Crippen LogP contribution in [0.5, 0.6) is 0 Å². The normalized spacial score (nSPS) is 11.4. The molecule has 0 N–H and O–H groups in total. The maximum atomic E-state index is 11.8. The predicted molar refractivity (Wildman–Crippen MR) is 87.0 cm³/mol. The van der Waals surface area contributed by atoms with Gasteiger partial charge in [0.1, 0.15) is 0 Å². The maximum Gasteiger partial charge on any atom is 0.523 e. The van der Waals surface area contributed by atoms with Crippen molar-refractivity contribution >= 4 is 15.8 Å². The monoisotopic (exact) mass is 361 g/mol. The summed E-state index contributed by atoms with van der Waals surface area (Å²) < 4.78 is 60.3. The second kappa shape index (κ2) is 8.70. The zero-order valence-corrected chi connectivity index (χ0v) is 14.0. The highest BCUT2D eigenvalue weighted by Gasteiger charge is 2.47. The highest BCUT2D eigenvalue weighted by Crippen LogP contribution is 2.25. The van der Waals surface area contributed by atoms with Crippen LogP contribution in [0.25, 0.3) is 0 Å². The Morgan fingerprint density at radius 1 is 0.917 bits per heavy atom. The summed E-state index contributed by atoms with van der Waals surface area (Å²) >= 11 is 0. The van der Waals surface area contributed by atoms with Crippen molar-refractivity contribution in [2.75, 3.05) is 19.0 Å². The van der Waals surface area contributed by atoms with Gasteiger partial charge < -0.3 is 4.90 Å². The molecule has 0 saturated carbocycles. The van der Waals surface area contributed by atoms with E-state index >= 15 is 0 Å². The van der Waals surface area contributed by atoms with Crippen LogP contribution in [0.2, 0.25) is 0 Å². The third kappa shape index (κ3) is 6.59. The Labute approximate surface area is 139 Å². The summed E-state index contributed by atoms with van der Waals surface area (Å²) in [7, 11) is -1.42. The number of halogens is 3. The molecular formula is C16H18F3NO3S. The summed E-state index contributed by atoms with van der Waals surface area (Å²) in [5, 5.41) is 0. The van der Waals surface area contributed by atoms with Crippen molar-refractivity contribution in [1.82, 2.24) is 0 Å². The van der Waals surface area contributed by atoms with E-state index < -0.39 is 22.2 Å². The van der Waals surface area contributed by atoms with Crippen LogP contribution in [0.3, 0.4) is 0 Å². The van der Waals surface area contributed by atoms with Crippen LogP contribution in [-0.2, 0) is 20.9 Å². The van der Waals surface area contributed by atoms with Crippen molar-refractivity contribution in [2.45, 2.75) is 12.1 Å². The zero-order valence-electron chi connectivity index (χ0n) is 13.2. The molecule has 0 aromatic heterocycles. The average Bonchev–Trinajstić information content (AvgIpc) is 2.54. The fraction of sp³-hybridized carbons (Fsp3) is 0.250. The van der Waals surface area contributed by atoms with Crippen molar-refractivity contribution in [2.24, 2.45) is 0 Å². The van der Waals surface area contributed by atoms with Gasteiger partial charge in [0.25, 0.3) is 0 Å². The van der Waals surface area contributed by atoms with Crippen molar-refractivity contribution < 1.29 is 25.8 Å². The number of hydrogen-bond donors (Lipinski definition) is 0. The molecule has 0 heterocycles. The fourth-order valence-electron chi connectivity index (χ4n) is 1.51. The summed E-state index contributed by atoms with van der Waals surface area (Å²) in [5.41, 5.74) is -3.77. The smallest absolute Gasteiger partial charge is 0.378 e. The minimum absolute atomic E-state index is 0.352. The molecule has 0 aliphatic rings. The number of nitrogens with zero attached hydrogens (tertiary/aromatic N) is 1. The first kappa shape index (κ1) is 20.0. The SMILES string of the molecule is CN(C)c1ccccc1.O=S(=O)(OCc1ccccc1)C(F)(F)F. The van der Waals surface area contributed by atoms with E-state index in [1.165, 1.54) is 17.8 Å². The molecule has 24 heavy (non-hydrogen) atoms. The molecule has 0 radical (unpaired) electrons. The lowest BCUT2D eigenvalue weighted by molar-refractivity contribution is -0.0547. The Hall–Kier alpha value is -2.06. The van der Waals surface area contributed by atoms with Crippen LogP contribution in [0.4, 0.5) is 18.9 Å². The Morgan fingerprint density at radius 2 is 1.38 bits per heavy atom. The molecule has 2 aromatic carbocycles. The van der Waals surface area contributed by atoms with Crippen molar-refractivity contribution in [3.63, 3.8) is 0 Å². The molecule has 2 rings (SSSR count).